The topological polar surface area (TPSA) is 79.9 Å². The molecule has 5 nitrogen and oxygen atoms in total. The molecule has 0 aromatic heterocycles. The summed E-state index contributed by atoms with van der Waals surface area (Å²) in [5.41, 5.74) is 6.43. The Morgan fingerprint density at radius 3 is 2.57 bits per heavy atom. The van der Waals surface area contributed by atoms with Crippen LogP contribution < -0.4 is 15.8 Å². The number of rotatable bonds is 6. The SMILES string of the molecule is CC(CNc1ccccc1Oc1ccccc1)C(N)=NO. The summed E-state index contributed by atoms with van der Waals surface area (Å²) in [6.45, 7) is 2.42. The highest BCUT2D eigenvalue weighted by atomic mass is 16.5. The number of ether oxygens (including phenoxy) is 1. The molecule has 0 bridgehead atoms. The zero-order chi connectivity index (χ0) is 15.1. The quantitative estimate of drug-likeness (QED) is 0.329. The van der Waals surface area contributed by atoms with Crippen LogP contribution in [0.3, 0.4) is 0 Å². The van der Waals surface area contributed by atoms with E-state index in [1.807, 2.05) is 61.5 Å². The molecule has 0 saturated carbocycles. The van der Waals surface area contributed by atoms with Crippen LogP contribution in [-0.4, -0.2) is 17.6 Å². The van der Waals surface area contributed by atoms with Crippen LogP contribution in [0.15, 0.2) is 59.8 Å². The number of nitrogens with two attached hydrogens (primary N) is 1. The first kappa shape index (κ1) is 14.7. The third kappa shape index (κ3) is 4.14. The van der Waals surface area contributed by atoms with Gasteiger partial charge in [0.05, 0.1) is 5.69 Å². The molecule has 110 valence electrons. The number of nitrogens with zero attached hydrogens (tertiary/aromatic N) is 1. The van der Waals surface area contributed by atoms with Crippen molar-refractivity contribution in [1.29, 1.82) is 0 Å². The average Bonchev–Trinajstić information content (AvgIpc) is 2.54. The van der Waals surface area contributed by atoms with Crippen LogP contribution in [0.25, 0.3) is 0 Å². The molecule has 2 rings (SSSR count). The Morgan fingerprint density at radius 2 is 1.86 bits per heavy atom. The van der Waals surface area contributed by atoms with Gasteiger partial charge in [0, 0.05) is 12.5 Å². The number of hydrogen-bond acceptors (Lipinski definition) is 4. The fourth-order valence-corrected chi connectivity index (χ4v) is 1.78. The lowest BCUT2D eigenvalue weighted by Crippen LogP contribution is -2.27. The predicted octanol–water partition coefficient (Wildman–Crippen LogP) is 3.27. The Bertz CT molecular complexity index is 599. The van der Waals surface area contributed by atoms with Crippen LogP contribution >= 0.6 is 0 Å². The minimum absolute atomic E-state index is 0.0835. The summed E-state index contributed by atoms with van der Waals surface area (Å²) in [4.78, 5) is 0. The van der Waals surface area contributed by atoms with Gasteiger partial charge >= 0.3 is 0 Å². The van der Waals surface area contributed by atoms with Crippen LogP contribution in [0, 0.1) is 5.92 Å². The monoisotopic (exact) mass is 285 g/mol. The molecule has 0 heterocycles. The first-order valence-corrected chi connectivity index (χ1v) is 6.74. The van der Waals surface area contributed by atoms with Crippen LogP contribution in [-0.2, 0) is 0 Å². The number of amidine groups is 1. The summed E-state index contributed by atoms with van der Waals surface area (Å²) in [7, 11) is 0. The molecule has 0 fully saturated rings. The number of benzene rings is 2. The van der Waals surface area contributed by atoms with Crippen LogP contribution in [0.2, 0.25) is 0 Å². The van der Waals surface area contributed by atoms with E-state index >= 15 is 0 Å². The molecule has 21 heavy (non-hydrogen) atoms. The minimum atomic E-state index is -0.0835. The lowest BCUT2D eigenvalue weighted by molar-refractivity contribution is 0.315. The normalized spacial score (nSPS) is 12.7. The fraction of sp³-hybridized carbons (Fsp3) is 0.188. The molecule has 2 aromatic rings. The highest BCUT2D eigenvalue weighted by Crippen LogP contribution is 2.29. The van der Waals surface area contributed by atoms with Crippen molar-refractivity contribution in [3.05, 3.63) is 54.6 Å². The van der Waals surface area contributed by atoms with E-state index in [1.165, 1.54) is 0 Å². The third-order valence-electron chi connectivity index (χ3n) is 3.08. The van der Waals surface area contributed by atoms with E-state index < -0.39 is 0 Å². The lowest BCUT2D eigenvalue weighted by atomic mass is 10.1. The van der Waals surface area contributed by atoms with Gasteiger partial charge in [-0.3, -0.25) is 0 Å². The fourth-order valence-electron chi connectivity index (χ4n) is 1.78. The second kappa shape index (κ2) is 7.19. The predicted molar refractivity (Wildman–Crippen MR) is 84.0 cm³/mol. The summed E-state index contributed by atoms with van der Waals surface area (Å²) in [6.07, 6.45) is 0. The van der Waals surface area contributed by atoms with Crippen molar-refractivity contribution >= 4 is 11.5 Å². The molecular weight excluding hydrogens is 266 g/mol. The molecule has 4 N–H and O–H groups in total. The maximum atomic E-state index is 8.66. The van der Waals surface area contributed by atoms with Crippen LogP contribution in [0.1, 0.15) is 6.92 Å². The van der Waals surface area contributed by atoms with Gasteiger partial charge in [0.1, 0.15) is 11.6 Å². The number of nitrogens with one attached hydrogen (secondary N) is 1. The molecule has 2 aromatic carbocycles. The van der Waals surface area contributed by atoms with Crippen molar-refractivity contribution in [3.63, 3.8) is 0 Å². The van der Waals surface area contributed by atoms with Crippen molar-refractivity contribution < 1.29 is 9.94 Å². The Kier molecular flexibility index (Phi) is 5.04. The Balaban J connectivity index is 2.07. The molecule has 1 unspecified atom stereocenters. The van der Waals surface area contributed by atoms with Crippen molar-refractivity contribution in [2.24, 2.45) is 16.8 Å². The van der Waals surface area contributed by atoms with Crippen molar-refractivity contribution in [1.82, 2.24) is 0 Å². The zero-order valence-corrected chi connectivity index (χ0v) is 11.9. The molecular formula is C16H19N3O2. The van der Waals surface area contributed by atoms with Gasteiger partial charge in [0.15, 0.2) is 5.75 Å². The van der Waals surface area contributed by atoms with E-state index in [0.717, 1.165) is 17.2 Å². The summed E-state index contributed by atoms with van der Waals surface area (Å²) in [5.74, 6) is 1.62. The van der Waals surface area contributed by atoms with E-state index in [0.29, 0.717) is 6.54 Å². The molecule has 0 aliphatic rings. The highest BCUT2D eigenvalue weighted by Gasteiger charge is 2.09. The number of para-hydroxylation sites is 3. The number of oxime groups is 1. The standard InChI is InChI=1S/C16H19N3O2/c1-12(16(17)19-20)11-18-14-9-5-6-10-15(14)21-13-7-3-2-4-8-13/h2-10,12,18,20H,11H2,1H3,(H2,17,19). The molecule has 0 aliphatic carbocycles. The Hall–Kier alpha value is -2.69. The van der Waals surface area contributed by atoms with Gasteiger partial charge in [-0.1, -0.05) is 42.4 Å². The Morgan fingerprint density at radius 1 is 1.19 bits per heavy atom. The molecule has 0 aliphatic heterocycles. The van der Waals surface area contributed by atoms with Gasteiger partial charge in [0.2, 0.25) is 0 Å². The van der Waals surface area contributed by atoms with Gasteiger partial charge in [-0.2, -0.15) is 0 Å². The molecule has 5 heteroatoms. The van der Waals surface area contributed by atoms with Crippen molar-refractivity contribution in [2.75, 3.05) is 11.9 Å². The average molecular weight is 285 g/mol. The zero-order valence-electron chi connectivity index (χ0n) is 11.9. The minimum Gasteiger partial charge on any atom is -0.455 e. The van der Waals surface area contributed by atoms with Gasteiger partial charge in [-0.05, 0) is 24.3 Å². The Labute approximate surface area is 124 Å². The van der Waals surface area contributed by atoms with Gasteiger partial charge in [-0.15, -0.1) is 0 Å². The van der Waals surface area contributed by atoms with E-state index in [1.54, 1.807) is 0 Å². The second-order valence-electron chi connectivity index (χ2n) is 4.72. The molecule has 0 spiro atoms. The molecule has 0 saturated heterocycles. The van der Waals surface area contributed by atoms with Gasteiger partial charge < -0.3 is 21.0 Å². The summed E-state index contributed by atoms with van der Waals surface area (Å²) in [5, 5.41) is 14.9. The smallest absolute Gasteiger partial charge is 0.150 e. The van der Waals surface area contributed by atoms with Gasteiger partial charge in [-0.25, -0.2) is 0 Å². The van der Waals surface area contributed by atoms with Crippen LogP contribution in [0.4, 0.5) is 5.69 Å². The molecule has 1 atom stereocenters. The maximum absolute atomic E-state index is 8.66. The summed E-state index contributed by atoms with van der Waals surface area (Å²) >= 11 is 0. The third-order valence-corrected chi connectivity index (χ3v) is 3.08. The van der Waals surface area contributed by atoms with E-state index in [4.69, 9.17) is 15.7 Å². The molecule has 0 amide bonds. The molecule has 0 radical (unpaired) electrons. The number of hydrogen-bond donors (Lipinski definition) is 3. The summed E-state index contributed by atoms with van der Waals surface area (Å²) < 4.78 is 5.86. The summed E-state index contributed by atoms with van der Waals surface area (Å²) in [6, 6.07) is 17.2. The highest BCUT2D eigenvalue weighted by molar-refractivity contribution is 5.82. The van der Waals surface area contributed by atoms with Crippen molar-refractivity contribution in [3.8, 4) is 11.5 Å². The number of anilines is 1. The maximum Gasteiger partial charge on any atom is 0.150 e. The largest absolute Gasteiger partial charge is 0.455 e. The van der Waals surface area contributed by atoms with Gasteiger partial charge in [0.25, 0.3) is 0 Å². The lowest BCUT2D eigenvalue weighted by Gasteiger charge is -2.15. The van der Waals surface area contributed by atoms with E-state index in [-0.39, 0.29) is 11.8 Å². The van der Waals surface area contributed by atoms with Crippen molar-refractivity contribution in [2.45, 2.75) is 6.92 Å². The van der Waals surface area contributed by atoms with E-state index in [9.17, 15) is 0 Å². The second-order valence-corrected chi connectivity index (χ2v) is 4.72. The first-order chi connectivity index (χ1) is 10.2. The first-order valence-electron chi connectivity index (χ1n) is 6.74. The van der Waals surface area contributed by atoms with Crippen LogP contribution in [0.5, 0.6) is 11.5 Å². The van der Waals surface area contributed by atoms with E-state index in [2.05, 4.69) is 10.5 Å².